The van der Waals surface area contributed by atoms with Crippen molar-refractivity contribution in [2.75, 3.05) is 34.8 Å². The first kappa shape index (κ1) is 22.9. The Balaban J connectivity index is 1.31. The number of hydrogen-bond donors (Lipinski definition) is 2. The summed E-state index contributed by atoms with van der Waals surface area (Å²) in [6, 6.07) is 8.48. The topological polar surface area (TPSA) is 90.8 Å². The lowest BCUT2D eigenvalue weighted by Crippen LogP contribution is -2.55. The Morgan fingerprint density at radius 2 is 1.82 bits per heavy atom. The van der Waals surface area contributed by atoms with Gasteiger partial charge in [0.2, 0.25) is 5.95 Å². The summed E-state index contributed by atoms with van der Waals surface area (Å²) < 4.78 is 5.97. The molecule has 0 atom stereocenters. The molecule has 34 heavy (non-hydrogen) atoms. The van der Waals surface area contributed by atoms with Gasteiger partial charge in [0.25, 0.3) is 5.91 Å². The first-order chi connectivity index (χ1) is 16.4. The van der Waals surface area contributed by atoms with Gasteiger partial charge in [0.15, 0.2) is 17.2 Å². The third-order valence-corrected chi connectivity index (χ3v) is 7.39. The molecule has 5 rings (SSSR count). The van der Waals surface area contributed by atoms with Gasteiger partial charge in [0.1, 0.15) is 0 Å². The maximum absolute atomic E-state index is 13.2. The van der Waals surface area contributed by atoms with E-state index in [0.29, 0.717) is 23.4 Å². The number of anilines is 4. The molecule has 1 aliphatic carbocycles. The van der Waals surface area contributed by atoms with Crippen LogP contribution >= 0.6 is 0 Å². The molecule has 0 spiro atoms. The molecule has 3 heterocycles. The Morgan fingerprint density at radius 3 is 2.50 bits per heavy atom. The van der Waals surface area contributed by atoms with E-state index >= 15 is 0 Å². The minimum absolute atomic E-state index is 0.0383. The molecule has 1 aromatic carbocycles. The van der Waals surface area contributed by atoms with Crippen molar-refractivity contribution in [3.05, 3.63) is 30.5 Å². The second-order valence-electron chi connectivity index (χ2n) is 10.2. The number of carbonyl (C=O) groups is 1. The van der Waals surface area contributed by atoms with Crippen LogP contribution in [-0.4, -0.2) is 52.3 Å². The summed E-state index contributed by atoms with van der Waals surface area (Å²) in [5, 5.41) is 12.5. The molecule has 0 unspecified atom stereocenters. The molecule has 0 radical (unpaired) electrons. The molecule has 1 aromatic heterocycles. The molecule has 8 heteroatoms. The average Bonchev–Trinajstić information content (AvgIpc) is 3.36. The average molecular weight is 466 g/mol. The standard InChI is InChI=1S/C26H35N5O3/c1-26(2)24(33)31(21-5-3-4-6-21)23-22(34-26)17-27-25(29-23)28-19-7-9-20(10-8-19)30-14-11-18(12-15-30)13-16-32/h7-10,17-18,21,32H,3-6,11-16H2,1-2H3,(H,27,28,29). The summed E-state index contributed by atoms with van der Waals surface area (Å²) in [7, 11) is 0. The minimum Gasteiger partial charge on any atom is -0.472 e. The number of fused-ring (bicyclic) bond motifs is 1. The van der Waals surface area contributed by atoms with E-state index < -0.39 is 5.60 Å². The largest absolute Gasteiger partial charge is 0.472 e. The van der Waals surface area contributed by atoms with Gasteiger partial charge in [-0.05, 0) is 76.1 Å². The van der Waals surface area contributed by atoms with Gasteiger partial charge in [-0.3, -0.25) is 9.69 Å². The zero-order valence-electron chi connectivity index (χ0n) is 20.2. The SMILES string of the molecule is CC1(C)Oc2cnc(Nc3ccc(N4CCC(CCO)CC4)cc3)nc2N(C2CCCC2)C1=O. The van der Waals surface area contributed by atoms with Crippen LogP contribution in [0.3, 0.4) is 0 Å². The maximum atomic E-state index is 13.2. The summed E-state index contributed by atoms with van der Waals surface area (Å²) >= 11 is 0. The Morgan fingerprint density at radius 1 is 1.12 bits per heavy atom. The lowest BCUT2D eigenvalue weighted by atomic mass is 9.93. The van der Waals surface area contributed by atoms with E-state index in [-0.39, 0.29) is 18.6 Å². The van der Waals surface area contributed by atoms with Crippen molar-refractivity contribution < 1.29 is 14.6 Å². The third kappa shape index (κ3) is 4.56. The van der Waals surface area contributed by atoms with Crippen LogP contribution in [0.5, 0.6) is 5.75 Å². The molecule has 2 aliphatic heterocycles. The predicted octanol–water partition coefficient (Wildman–Crippen LogP) is 4.27. The van der Waals surface area contributed by atoms with Crippen molar-refractivity contribution in [2.24, 2.45) is 5.92 Å². The zero-order chi connectivity index (χ0) is 23.7. The van der Waals surface area contributed by atoms with Crippen molar-refractivity contribution in [1.82, 2.24) is 9.97 Å². The van der Waals surface area contributed by atoms with E-state index in [1.807, 2.05) is 30.9 Å². The van der Waals surface area contributed by atoms with E-state index in [9.17, 15) is 4.79 Å². The fourth-order valence-corrected chi connectivity index (χ4v) is 5.42. The summed E-state index contributed by atoms with van der Waals surface area (Å²) in [5.41, 5.74) is 1.18. The lowest BCUT2D eigenvalue weighted by Gasteiger charge is -2.40. The molecule has 1 amide bonds. The minimum atomic E-state index is -0.920. The number of nitrogens with zero attached hydrogens (tertiary/aromatic N) is 4. The van der Waals surface area contributed by atoms with Gasteiger partial charge in [-0.25, -0.2) is 4.98 Å². The van der Waals surface area contributed by atoms with Gasteiger partial charge in [-0.2, -0.15) is 4.98 Å². The van der Waals surface area contributed by atoms with Crippen molar-refractivity contribution in [2.45, 2.75) is 70.4 Å². The van der Waals surface area contributed by atoms with Crippen LogP contribution in [0.25, 0.3) is 0 Å². The molecular formula is C26H35N5O3. The molecule has 1 saturated heterocycles. The zero-order valence-corrected chi connectivity index (χ0v) is 20.2. The normalized spacial score (nSPS) is 20.9. The highest BCUT2D eigenvalue weighted by molar-refractivity contribution is 6.02. The Labute approximate surface area is 201 Å². The van der Waals surface area contributed by atoms with Crippen LogP contribution < -0.4 is 19.9 Å². The van der Waals surface area contributed by atoms with Crippen LogP contribution in [-0.2, 0) is 4.79 Å². The molecule has 2 N–H and O–H groups in total. The fourth-order valence-electron chi connectivity index (χ4n) is 5.42. The second kappa shape index (κ2) is 9.41. The molecule has 0 bridgehead atoms. The van der Waals surface area contributed by atoms with Crippen LogP contribution in [0.15, 0.2) is 30.5 Å². The van der Waals surface area contributed by atoms with Gasteiger partial charge in [-0.1, -0.05) is 12.8 Å². The summed E-state index contributed by atoms with van der Waals surface area (Å²) in [5.74, 6) is 2.17. The number of aliphatic hydroxyl groups is 1. The summed E-state index contributed by atoms with van der Waals surface area (Å²) in [4.78, 5) is 26.6. The molecule has 3 aliphatic rings. The Kier molecular flexibility index (Phi) is 6.34. The number of benzene rings is 1. The van der Waals surface area contributed by atoms with Crippen LogP contribution in [0, 0.1) is 5.92 Å². The van der Waals surface area contributed by atoms with Gasteiger partial charge in [-0.15, -0.1) is 0 Å². The maximum Gasteiger partial charge on any atom is 0.272 e. The monoisotopic (exact) mass is 465 g/mol. The number of rotatable bonds is 6. The molecule has 8 nitrogen and oxygen atoms in total. The summed E-state index contributed by atoms with van der Waals surface area (Å²) in [6.07, 6.45) is 9.08. The van der Waals surface area contributed by atoms with Gasteiger partial charge >= 0.3 is 0 Å². The number of piperidine rings is 1. The van der Waals surface area contributed by atoms with Crippen molar-refractivity contribution in [3.8, 4) is 5.75 Å². The number of amides is 1. The van der Waals surface area contributed by atoms with E-state index in [1.54, 1.807) is 6.20 Å². The Bertz CT molecular complexity index is 1010. The predicted molar refractivity (Wildman–Crippen MR) is 133 cm³/mol. The van der Waals surface area contributed by atoms with Crippen LogP contribution in [0.1, 0.15) is 58.8 Å². The molecule has 2 fully saturated rings. The van der Waals surface area contributed by atoms with Gasteiger partial charge in [0.05, 0.1) is 6.20 Å². The first-order valence-corrected chi connectivity index (χ1v) is 12.6. The van der Waals surface area contributed by atoms with E-state index in [2.05, 4.69) is 27.3 Å². The molecule has 2 aromatic rings. The number of carbonyl (C=O) groups excluding carboxylic acids is 1. The first-order valence-electron chi connectivity index (χ1n) is 12.6. The fraction of sp³-hybridized carbons (Fsp3) is 0.577. The van der Waals surface area contributed by atoms with E-state index in [0.717, 1.165) is 63.7 Å². The number of aliphatic hydroxyl groups excluding tert-OH is 1. The molecular weight excluding hydrogens is 430 g/mol. The number of hydrogen-bond acceptors (Lipinski definition) is 7. The lowest BCUT2D eigenvalue weighted by molar-refractivity contribution is -0.133. The molecule has 1 saturated carbocycles. The summed E-state index contributed by atoms with van der Waals surface area (Å²) in [6.45, 7) is 5.94. The number of ether oxygens (including phenoxy) is 1. The number of aromatic nitrogens is 2. The van der Waals surface area contributed by atoms with Crippen molar-refractivity contribution in [1.29, 1.82) is 0 Å². The van der Waals surface area contributed by atoms with Crippen molar-refractivity contribution in [3.63, 3.8) is 0 Å². The highest BCUT2D eigenvalue weighted by atomic mass is 16.5. The van der Waals surface area contributed by atoms with Crippen LogP contribution in [0.4, 0.5) is 23.1 Å². The third-order valence-electron chi connectivity index (χ3n) is 7.39. The quantitative estimate of drug-likeness (QED) is 0.658. The Hall–Kier alpha value is -2.87. The van der Waals surface area contributed by atoms with E-state index in [4.69, 9.17) is 14.8 Å². The highest BCUT2D eigenvalue weighted by Gasteiger charge is 2.45. The van der Waals surface area contributed by atoms with Gasteiger partial charge < -0.3 is 20.1 Å². The molecule has 182 valence electrons. The smallest absolute Gasteiger partial charge is 0.272 e. The number of nitrogens with one attached hydrogen (secondary N) is 1. The van der Waals surface area contributed by atoms with Crippen molar-refractivity contribution >= 4 is 29.0 Å². The van der Waals surface area contributed by atoms with E-state index in [1.165, 1.54) is 5.69 Å². The van der Waals surface area contributed by atoms with Gasteiger partial charge in [0, 0.05) is 37.1 Å². The second-order valence-corrected chi connectivity index (χ2v) is 10.2. The highest BCUT2D eigenvalue weighted by Crippen LogP contribution is 2.40. The van der Waals surface area contributed by atoms with Crippen LogP contribution in [0.2, 0.25) is 0 Å².